The zero-order valence-electron chi connectivity index (χ0n) is 10.6. The number of hydrogen-bond donors (Lipinski definition) is 3. The first-order valence-corrected chi connectivity index (χ1v) is 6.21. The van der Waals surface area contributed by atoms with Crippen molar-refractivity contribution in [3.05, 3.63) is 10.6 Å². The predicted molar refractivity (Wildman–Crippen MR) is 69.0 cm³/mol. The molecule has 0 aromatic carbocycles. The Morgan fingerprint density at radius 3 is 2.78 bits per heavy atom. The fraction of sp³-hybridized carbons (Fsp3) is 0.600. The molecule has 0 saturated heterocycles. The molecule has 1 rings (SSSR count). The molecule has 0 saturated carbocycles. The van der Waals surface area contributed by atoms with E-state index >= 15 is 0 Å². The minimum Gasteiger partial charge on any atom is -0.409 e. The third-order valence-electron chi connectivity index (χ3n) is 2.20. The van der Waals surface area contributed by atoms with Gasteiger partial charge in [0, 0.05) is 18.4 Å². The first kappa shape index (κ1) is 14.4. The van der Waals surface area contributed by atoms with Gasteiger partial charge in [-0.15, -0.1) is 5.10 Å². The smallest absolute Gasteiger partial charge is 0.264 e. The van der Waals surface area contributed by atoms with E-state index in [1.54, 1.807) is 0 Å². The van der Waals surface area contributed by atoms with Crippen LogP contribution in [0.1, 0.15) is 42.6 Å². The van der Waals surface area contributed by atoms with Crippen molar-refractivity contribution in [1.29, 1.82) is 0 Å². The van der Waals surface area contributed by atoms with Gasteiger partial charge < -0.3 is 16.3 Å². The third kappa shape index (κ3) is 3.66. The molecule has 8 heteroatoms. The maximum absolute atomic E-state index is 11.9. The summed E-state index contributed by atoms with van der Waals surface area (Å²) in [4.78, 5) is 12.4. The number of nitrogens with two attached hydrogens (primary N) is 1. The van der Waals surface area contributed by atoms with Crippen molar-refractivity contribution < 1.29 is 10.0 Å². The van der Waals surface area contributed by atoms with Crippen LogP contribution >= 0.6 is 11.5 Å². The van der Waals surface area contributed by atoms with E-state index in [4.69, 9.17) is 10.9 Å². The van der Waals surface area contributed by atoms with E-state index in [9.17, 15) is 4.79 Å². The minimum atomic E-state index is -0.235. The van der Waals surface area contributed by atoms with Crippen LogP contribution in [0.25, 0.3) is 0 Å². The largest absolute Gasteiger partial charge is 0.409 e. The molecule has 4 N–H and O–H groups in total. The molecule has 0 radical (unpaired) electrons. The van der Waals surface area contributed by atoms with Crippen molar-refractivity contribution in [1.82, 2.24) is 14.9 Å². The third-order valence-corrected chi connectivity index (χ3v) is 2.92. The van der Waals surface area contributed by atoms with Crippen LogP contribution < -0.4 is 11.1 Å². The molecular weight excluding hydrogens is 254 g/mol. The predicted octanol–water partition coefficient (Wildman–Crippen LogP) is 0.702. The van der Waals surface area contributed by atoms with E-state index in [0.29, 0.717) is 23.5 Å². The van der Waals surface area contributed by atoms with Gasteiger partial charge in [-0.1, -0.05) is 30.4 Å². The summed E-state index contributed by atoms with van der Waals surface area (Å²) < 4.78 is 3.81. The van der Waals surface area contributed by atoms with Crippen LogP contribution in [0.15, 0.2) is 5.16 Å². The van der Waals surface area contributed by atoms with E-state index in [1.807, 2.05) is 20.8 Å². The summed E-state index contributed by atoms with van der Waals surface area (Å²) in [5.41, 5.74) is 5.75. The van der Waals surface area contributed by atoms with E-state index < -0.39 is 0 Å². The zero-order valence-corrected chi connectivity index (χ0v) is 11.4. The van der Waals surface area contributed by atoms with Gasteiger partial charge in [0.1, 0.15) is 10.7 Å². The van der Waals surface area contributed by atoms with Crippen molar-refractivity contribution in [3.63, 3.8) is 0 Å². The van der Waals surface area contributed by atoms with E-state index in [2.05, 4.69) is 20.1 Å². The lowest BCUT2D eigenvalue weighted by molar-refractivity contribution is 0.0956. The number of nitrogens with zero attached hydrogens (tertiary/aromatic N) is 3. The number of nitrogens with one attached hydrogen (secondary N) is 1. The second-order valence-electron chi connectivity index (χ2n) is 4.80. The maximum Gasteiger partial charge on any atom is 0.264 e. The highest BCUT2D eigenvalue weighted by molar-refractivity contribution is 7.08. The maximum atomic E-state index is 11.9. The van der Waals surface area contributed by atoms with E-state index in [-0.39, 0.29) is 17.2 Å². The summed E-state index contributed by atoms with van der Waals surface area (Å²) in [6, 6.07) is 0. The van der Waals surface area contributed by atoms with Crippen molar-refractivity contribution >= 4 is 23.3 Å². The average Bonchev–Trinajstić information content (AvgIpc) is 2.77. The van der Waals surface area contributed by atoms with Crippen LogP contribution in [0.4, 0.5) is 0 Å². The molecule has 0 spiro atoms. The highest BCUT2D eigenvalue weighted by Crippen LogP contribution is 2.25. The Hall–Kier alpha value is -1.70. The standard InChI is InChI=1S/C10H17N5O2S/c1-10(2,3)8-7(18-15-13-8)9(16)12-5-4-6(11)14-17/h17H,4-5H2,1-3H3,(H2,11,14)(H,12,16). The molecule has 18 heavy (non-hydrogen) atoms. The number of aromatic nitrogens is 2. The molecule has 0 aliphatic heterocycles. The number of amides is 1. The van der Waals surface area contributed by atoms with Crippen LogP contribution in [0.2, 0.25) is 0 Å². The molecule has 1 aromatic rings. The molecular formula is C10H17N5O2S. The Morgan fingerprint density at radius 2 is 2.22 bits per heavy atom. The number of oxime groups is 1. The second-order valence-corrected chi connectivity index (χ2v) is 5.55. The van der Waals surface area contributed by atoms with Gasteiger partial charge in [0.2, 0.25) is 0 Å². The molecule has 1 aromatic heterocycles. The number of carbonyl (C=O) groups excluding carboxylic acids is 1. The minimum absolute atomic E-state index is 0.0776. The molecule has 0 fully saturated rings. The summed E-state index contributed by atoms with van der Waals surface area (Å²) in [5.74, 6) is -0.158. The van der Waals surface area contributed by atoms with Gasteiger partial charge in [0.25, 0.3) is 5.91 Å². The second kappa shape index (κ2) is 5.76. The Bertz CT molecular complexity index is 449. The molecule has 7 nitrogen and oxygen atoms in total. The molecule has 0 bridgehead atoms. The van der Waals surface area contributed by atoms with Gasteiger partial charge in [-0.2, -0.15) is 0 Å². The Labute approximate surface area is 109 Å². The van der Waals surface area contributed by atoms with Gasteiger partial charge in [-0.05, 0) is 11.5 Å². The summed E-state index contributed by atoms with van der Waals surface area (Å²) in [6.45, 7) is 6.21. The SMILES string of the molecule is CC(C)(C)c1nnsc1C(=O)NCCC(N)=NO. The lowest BCUT2D eigenvalue weighted by Crippen LogP contribution is -2.29. The summed E-state index contributed by atoms with van der Waals surface area (Å²) in [5, 5.41) is 17.9. The fourth-order valence-corrected chi connectivity index (χ4v) is 2.06. The topological polar surface area (TPSA) is 113 Å². The van der Waals surface area contributed by atoms with Crippen LogP contribution in [0.5, 0.6) is 0 Å². The Morgan fingerprint density at radius 1 is 1.56 bits per heavy atom. The van der Waals surface area contributed by atoms with E-state index in [0.717, 1.165) is 11.5 Å². The van der Waals surface area contributed by atoms with Crippen molar-refractivity contribution in [3.8, 4) is 0 Å². The normalized spacial score (nSPS) is 12.5. The fourth-order valence-electron chi connectivity index (χ4n) is 1.26. The summed E-state index contributed by atoms with van der Waals surface area (Å²) >= 11 is 1.07. The Balaban J connectivity index is 2.66. The molecule has 0 unspecified atom stereocenters. The molecule has 1 heterocycles. The number of rotatable bonds is 4. The van der Waals surface area contributed by atoms with Crippen molar-refractivity contribution in [2.24, 2.45) is 10.9 Å². The molecule has 0 aliphatic carbocycles. The van der Waals surface area contributed by atoms with Crippen LogP contribution in [-0.4, -0.2) is 33.1 Å². The summed E-state index contributed by atoms with van der Waals surface area (Å²) in [6.07, 6.45) is 0.291. The molecule has 1 amide bonds. The van der Waals surface area contributed by atoms with E-state index in [1.165, 1.54) is 0 Å². The number of hydrogen-bond acceptors (Lipinski definition) is 6. The van der Waals surface area contributed by atoms with Crippen molar-refractivity contribution in [2.45, 2.75) is 32.6 Å². The van der Waals surface area contributed by atoms with Gasteiger partial charge in [-0.25, -0.2) is 0 Å². The van der Waals surface area contributed by atoms with Crippen LogP contribution in [-0.2, 0) is 5.41 Å². The van der Waals surface area contributed by atoms with Gasteiger partial charge in [0.15, 0.2) is 0 Å². The Kier molecular flexibility index (Phi) is 4.60. The lowest BCUT2D eigenvalue weighted by atomic mass is 9.91. The van der Waals surface area contributed by atoms with Gasteiger partial charge in [0.05, 0.1) is 5.69 Å². The summed E-state index contributed by atoms with van der Waals surface area (Å²) in [7, 11) is 0. The molecule has 0 atom stereocenters. The first-order chi connectivity index (χ1) is 8.36. The van der Waals surface area contributed by atoms with Crippen LogP contribution in [0.3, 0.4) is 0 Å². The van der Waals surface area contributed by atoms with Gasteiger partial charge in [-0.3, -0.25) is 4.79 Å². The van der Waals surface area contributed by atoms with Gasteiger partial charge >= 0.3 is 0 Å². The molecule has 100 valence electrons. The molecule has 0 aliphatic rings. The number of carbonyl (C=O) groups is 1. The zero-order chi connectivity index (χ0) is 13.8. The average molecular weight is 271 g/mol. The first-order valence-electron chi connectivity index (χ1n) is 5.43. The quantitative estimate of drug-likeness (QED) is 0.323. The monoisotopic (exact) mass is 271 g/mol. The lowest BCUT2D eigenvalue weighted by Gasteiger charge is -2.16. The highest BCUT2D eigenvalue weighted by atomic mass is 32.1. The highest BCUT2D eigenvalue weighted by Gasteiger charge is 2.25. The van der Waals surface area contributed by atoms with Crippen LogP contribution in [0, 0.1) is 0 Å². The number of amidine groups is 1. The van der Waals surface area contributed by atoms with Crippen molar-refractivity contribution in [2.75, 3.05) is 6.54 Å².